The van der Waals surface area contributed by atoms with E-state index in [1.165, 1.54) is 21.3 Å². The van der Waals surface area contributed by atoms with Gasteiger partial charge in [-0.2, -0.15) is 0 Å². The minimum absolute atomic E-state index is 0.328. The fourth-order valence-corrected chi connectivity index (χ4v) is 2.84. The highest BCUT2D eigenvalue weighted by Gasteiger charge is 2.49. The molecule has 19 heavy (non-hydrogen) atoms. The van der Waals surface area contributed by atoms with Gasteiger partial charge in [-0.15, -0.1) is 0 Å². The average Bonchev–Trinajstić information content (AvgIpc) is 2.44. The van der Waals surface area contributed by atoms with Gasteiger partial charge >= 0.3 is 5.97 Å². The number of aryl methyl sites for hydroxylation is 1. The fourth-order valence-electron chi connectivity index (χ4n) is 2.84. The van der Waals surface area contributed by atoms with Crippen molar-refractivity contribution >= 4 is 11.7 Å². The van der Waals surface area contributed by atoms with Crippen molar-refractivity contribution in [2.24, 2.45) is 5.92 Å². The van der Waals surface area contributed by atoms with Gasteiger partial charge in [0, 0.05) is 25.5 Å². The van der Waals surface area contributed by atoms with Crippen molar-refractivity contribution < 1.29 is 19.0 Å². The lowest BCUT2D eigenvalue weighted by atomic mass is 9.78. The third kappa shape index (κ3) is 2.09. The van der Waals surface area contributed by atoms with Gasteiger partial charge in [-0.05, 0) is 30.5 Å². The van der Waals surface area contributed by atoms with Crippen LogP contribution >= 0.6 is 0 Å². The number of ether oxygens (including phenoxy) is 3. The van der Waals surface area contributed by atoms with Gasteiger partial charge in [-0.25, -0.2) is 0 Å². The van der Waals surface area contributed by atoms with Gasteiger partial charge in [0.25, 0.3) is 0 Å². The molecule has 0 aromatic heterocycles. The molecule has 1 aromatic carbocycles. The highest BCUT2D eigenvalue weighted by atomic mass is 16.7. The van der Waals surface area contributed by atoms with Crippen molar-refractivity contribution in [3.8, 4) is 0 Å². The van der Waals surface area contributed by atoms with Crippen molar-refractivity contribution in [3.05, 3.63) is 29.3 Å². The maximum absolute atomic E-state index is 12.0. The first kappa shape index (κ1) is 13.8. The van der Waals surface area contributed by atoms with Crippen LogP contribution in [0.1, 0.15) is 17.5 Å². The molecule has 0 amide bonds. The highest BCUT2D eigenvalue weighted by molar-refractivity contribution is 5.74. The minimum Gasteiger partial charge on any atom is -0.469 e. The number of hydrogen-bond donors (Lipinski definition) is 1. The lowest BCUT2D eigenvalue weighted by molar-refractivity contribution is -0.256. The molecule has 0 saturated carbocycles. The van der Waals surface area contributed by atoms with Gasteiger partial charge in [-0.1, -0.05) is 6.07 Å². The number of hydrogen-bond acceptors (Lipinski definition) is 5. The van der Waals surface area contributed by atoms with Gasteiger partial charge in [0.2, 0.25) is 5.79 Å². The zero-order valence-electron chi connectivity index (χ0n) is 11.4. The summed E-state index contributed by atoms with van der Waals surface area (Å²) in [4.78, 5) is 12.0. The number of nitrogens with two attached hydrogens (primary N) is 1. The van der Waals surface area contributed by atoms with Crippen LogP contribution in [0.15, 0.2) is 18.2 Å². The number of benzene rings is 1. The molecule has 1 aliphatic carbocycles. The molecular formula is C14H19NO4. The molecule has 0 fully saturated rings. The molecule has 1 atom stereocenters. The van der Waals surface area contributed by atoms with E-state index in [2.05, 4.69) is 0 Å². The Morgan fingerprint density at radius 1 is 1.32 bits per heavy atom. The summed E-state index contributed by atoms with van der Waals surface area (Å²) in [6.07, 6.45) is 1.35. The summed E-state index contributed by atoms with van der Waals surface area (Å²) in [6, 6.07) is 5.54. The molecule has 5 heteroatoms. The first-order chi connectivity index (χ1) is 9.08. The van der Waals surface area contributed by atoms with E-state index in [4.69, 9.17) is 19.9 Å². The smallest absolute Gasteiger partial charge is 0.314 e. The molecule has 0 radical (unpaired) electrons. The summed E-state index contributed by atoms with van der Waals surface area (Å²) >= 11 is 0. The van der Waals surface area contributed by atoms with Crippen LogP contribution in [0.4, 0.5) is 5.69 Å². The van der Waals surface area contributed by atoms with E-state index in [9.17, 15) is 4.79 Å². The topological polar surface area (TPSA) is 70.8 Å². The Hall–Kier alpha value is -1.59. The van der Waals surface area contributed by atoms with Crippen LogP contribution < -0.4 is 5.73 Å². The average molecular weight is 265 g/mol. The molecule has 0 bridgehead atoms. The summed E-state index contributed by atoms with van der Waals surface area (Å²) in [5.41, 5.74) is 8.38. The van der Waals surface area contributed by atoms with E-state index in [0.717, 1.165) is 17.5 Å². The fraction of sp³-hybridized carbons (Fsp3) is 0.500. The summed E-state index contributed by atoms with van der Waals surface area (Å²) in [5.74, 6) is -1.91. The van der Waals surface area contributed by atoms with Crippen LogP contribution in [-0.2, 0) is 31.2 Å². The Balaban J connectivity index is 2.55. The Morgan fingerprint density at radius 2 is 2.00 bits per heavy atom. The molecule has 104 valence electrons. The Morgan fingerprint density at radius 3 is 2.58 bits per heavy atom. The van der Waals surface area contributed by atoms with Crippen LogP contribution in [0, 0.1) is 5.92 Å². The molecule has 2 rings (SSSR count). The number of anilines is 1. The first-order valence-electron chi connectivity index (χ1n) is 6.16. The maximum Gasteiger partial charge on any atom is 0.314 e. The molecular weight excluding hydrogens is 246 g/mol. The van der Waals surface area contributed by atoms with Crippen LogP contribution in [0.2, 0.25) is 0 Å². The van der Waals surface area contributed by atoms with E-state index in [-0.39, 0.29) is 5.97 Å². The van der Waals surface area contributed by atoms with Crippen LogP contribution in [0.25, 0.3) is 0 Å². The number of methoxy groups -OCH3 is 3. The molecule has 0 spiro atoms. The Bertz CT molecular complexity index is 482. The first-order valence-corrected chi connectivity index (χ1v) is 6.16. The predicted molar refractivity (Wildman–Crippen MR) is 70.4 cm³/mol. The second-order valence-corrected chi connectivity index (χ2v) is 4.61. The number of esters is 1. The van der Waals surface area contributed by atoms with Crippen molar-refractivity contribution in [2.75, 3.05) is 27.1 Å². The van der Waals surface area contributed by atoms with E-state index in [0.29, 0.717) is 12.1 Å². The van der Waals surface area contributed by atoms with E-state index >= 15 is 0 Å². The zero-order chi connectivity index (χ0) is 14.0. The highest BCUT2D eigenvalue weighted by Crippen LogP contribution is 2.44. The molecule has 2 N–H and O–H groups in total. The second kappa shape index (κ2) is 5.19. The number of carbonyl (C=O) groups is 1. The molecule has 0 aliphatic heterocycles. The van der Waals surface area contributed by atoms with Gasteiger partial charge < -0.3 is 19.9 Å². The molecule has 1 aromatic rings. The number of rotatable bonds is 3. The number of carbonyl (C=O) groups excluding carboxylic acids is 1. The largest absolute Gasteiger partial charge is 0.469 e. The van der Waals surface area contributed by atoms with Gasteiger partial charge in [0.05, 0.1) is 7.11 Å². The van der Waals surface area contributed by atoms with E-state index < -0.39 is 11.7 Å². The van der Waals surface area contributed by atoms with Crippen LogP contribution in [0.5, 0.6) is 0 Å². The van der Waals surface area contributed by atoms with Crippen molar-refractivity contribution in [1.29, 1.82) is 0 Å². The Kier molecular flexibility index (Phi) is 3.78. The third-order valence-electron chi connectivity index (χ3n) is 3.76. The van der Waals surface area contributed by atoms with Crippen molar-refractivity contribution in [2.45, 2.75) is 18.6 Å². The summed E-state index contributed by atoms with van der Waals surface area (Å²) in [7, 11) is 4.44. The predicted octanol–water partition coefficient (Wildman–Crippen LogP) is 1.45. The maximum atomic E-state index is 12.0. The lowest BCUT2D eigenvalue weighted by Crippen LogP contribution is -2.47. The van der Waals surface area contributed by atoms with Crippen LogP contribution in [-0.4, -0.2) is 27.3 Å². The quantitative estimate of drug-likeness (QED) is 0.509. The Labute approximate surface area is 112 Å². The summed E-state index contributed by atoms with van der Waals surface area (Å²) in [6.45, 7) is 0. The van der Waals surface area contributed by atoms with Gasteiger partial charge in [0.1, 0.15) is 5.92 Å². The van der Waals surface area contributed by atoms with Gasteiger partial charge in [0.15, 0.2) is 0 Å². The van der Waals surface area contributed by atoms with Gasteiger partial charge in [-0.3, -0.25) is 4.79 Å². The summed E-state index contributed by atoms with van der Waals surface area (Å²) in [5, 5.41) is 0. The standard InChI is InChI=1S/C14H19NO4/c1-17-13(16)12-6-4-9-8-10(15)5-7-11(9)14(12,18-2)19-3/h5,7-8,12H,4,6,15H2,1-3H3. The summed E-state index contributed by atoms with van der Waals surface area (Å²) < 4.78 is 16.0. The number of nitrogen functional groups attached to an aromatic ring is 1. The lowest BCUT2D eigenvalue weighted by Gasteiger charge is -2.41. The molecule has 0 saturated heterocycles. The molecule has 1 aliphatic rings. The van der Waals surface area contributed by atoms with E-state index in [1.54, 1.807) is 6.07 Å². The van der Waals surface area contributed by atoms with Crippen molar-refractivity contribution in [1.82, 2.24) is 0 Å². The second-order valence-electron chi connectivity index (χ2n) is 4.61. The minimum atomic E-state index is -1.10. The molecule has 1 unspecified atom stereocenters. The van der Waals surface area contributed by atoms with Crippen molar-refractivity contribution in [3.63, 3.8) is 0 Å². The molecule has 0 heterocycles. The third-order valence-corrected chi connectivity index (χ3v) is 3.76. The SMILES string of the molecule is COC(=O)C1CCc2cc(N)ccc2C1(OC)OC. The normalized spacial score (nSPS) is 20.7. The number of fused-ring (bicyclic) bond motifs is 1. The van der Waals surface area contributed by atoms with E-state index in [1.807, 2.05) is 12.1 Å². The van der Waals surface area contributed by atoms with Crippen LogP contribution in [0.3, 0.4) is 0 Å². The zero-order valence-corrected chi connectivity index (χ0v) is 11.4. The monoisotopic (exact) mass is 265 g/mol. The molecule has 5 nitrogen and oxygen atoms in total.